The Labute approximate surface area is 182 Å². The van der Waals surface area contributed by atoms with Gasteiger partial charge in [-0.1, -0.05) is 34.8 Å². The Kier molecular flexibility index (Phi) is 7.48. The summed E-state index contributed by atoms with van der Waals surface area (Å²) in [6.45, 7) is 0. The summed E-state index contributed by atoms with van der Waals surface area (Å²) in [5.74, 6) is -9.06. The quantitative estimate of drug-likeness (QED) is 0.256. The van der Waals surface area contributed by atoms with Crippen molar-refractivity contribution >= 4 is 50.7 Å². The fraction of sp³-hybridized carbons (Fsp3) is 0.538. The van der Waals surface area contributed by atoms with Gasteiger partial charge in [-0.05, 0) is 27.6 Å². The predicted molar refractivity (Wildman–Crippen MR) is 83.5 cm³/mol. The molecule has 1 radical (unpaired) electrons. The van der Waals surface area contributed by atoms with Gasteiger partial charge >= 0.3 is 30.3 Å². The van der Waals surface area contributed by atoms with Crippen LogP contribution in [0.3, 0.4) is 0 Å². The fourth-order valence-electron chi connectivity index (χ4n) is 2.11. The van der Waals surface area contributed by atoms with E-state index in [0.717, 1.165) is 0 Å². The summed E-state index contributed by atoms with van der Waals surface area (Å²) in [4.78, 5) is 0. The van der Waals surface area contributed by atoms with Crippen LogP contribution in [-0.2, 0) is 12.1 Å². The molecule has 30 heavy (non-hydrogen) atoms. The molecule has 1 rings (SSSR count). The average Bonchev–Trinajstić information content (AvgIpc) is 2.43. The summed E-state index contributed by atoms with van der Waals surface area (Å²) in [7, 11) is 0. The number of ether oxygens (including phenoxy) is 1. The minimum Gasteiger partial charge on any atom is -0.405 e. The van der Waals surface area contributed by atoms with E-state index in [4.69, 9.17) is 34.8 Å². The minimum absolute atomic E-state index is 0.683. The van der Waals surface area contributed by atoms with Crippen LogP contribution in [0.15, 0.2) is 10.5 Å². The molecule has 0 saturated carbocycles. The SMILES string of the molecule is FC(F)(F)Oc1[c]c(Br)c(CC(Cl)(Cl)Cl)c(C(F)(C(F)(F)F)C(F)(F)C(F)(F)F)c1. The monoisotopic (exact) mass is 587 g/mol. The zero-order chi connectivity index (χ0) is 24.1. The number of alkyl halides is 15. The second kappa shape index (κ2) is 8.14. The molecule has 0 aromatic heterocycles. The molecule has 1 aromatic rings. The highest BCUT2D eigenvalue weighted by atomic mass is 79.9. The van der Waals surface area contributed by atoms with Crippen LogP contribution < -0.4 is 4.74 Å². The van der Waals surface area contributed by atoms with Gasteiger partial charge < -0.3 is 4.74 Å². The van der Waals surface area contributed by atoms with Crippen LogP contribution in [-0.4, -0.2) is 28.4 Å². The van der Waals surface area contributed by atoms with E-state index in [-0.39, 0.29) is 0 Å². The Bertz CT molecular complexity index is 784. The molecule has 0 saturated heterocycles. The molecule has 0 amide bonds. The molecule has 0 heterocycles. The molecule has 0 N–H and O–H groups in total. The second-order valence-corrected chi connectivity index (χ2v) is 8.72. The molecule has 0 bridgehead atoms. The van der Waals surface area contributed by atoms with Crippen molar-refractivity contribution in [2.45, 2.75) is 40.5 Å². The lowest BCUT2D eigenvalue weighted by Crippen LogP contribution is -2.60. The minimum atomic E-state index is -7.18. The Morgan fingerprint density at radius 3 is 1.63 bits per heavy atom. The number of hydrogen-bond donors (Lipinski definition) is 0. The Morgan fingerprint density at radius 1 is 0.833 bits per heavy atom. The van der Waals surface area contributed by atoms with Crippen LogP contribution in [0.4, 0.5) is 52.7 Å². The molecule has 0 aliphatic carbocycles. The summed E-state index contributed by atoms with van der Waals surface area (Å²) in [5, 5.41) is 0. The third-order valence-electron chi connectivity index (χ3n) is 3.25. The van der Waals surface area contributed by atoms with Gasteiger partial charge in [-0.3, -0.25) is 0 Å². The molecular formula is C13H3BrCl3F12O. The van der Waals surface area contributed by atoms with E-state index < -0.39 is 67.9 Å². The maximum Gasteiger partial charge on any atom is 0.573 e. The lowest BCUT2D eigenvalue weighted by Gasteiger charge is -2.37. The normalized spacial score (nSPS) is 16.4. The largest absolute Gasteiger partial charge is 0.573 e. The van der Waals surface area contributed by atoms with Crippen molar-refractivity contribution in [3.8, 4) is 5.75 Å². The molecule has 1 aromatic carbocycles. The van der Waals surface area contributed by atoms with E-state index in [2.05, 4.69) is 20.7 Å². The third kappa shape index (κ3) is 5.66. The molecule has 0 fully saturated rings. The molecule has 0 spiro atoms. The number of hydrogen-bond acceptors (Lipinski definition) is 1. The lowest BCUT2D eigenvalue weighted by atomic mass is 9.83. The van der Waals surface area contributed by atoms with Crippen molar-refractivity contribution in [3.05, 3.63) is 27.7 Å². The summed E-state index contributed by atoms with van der Waals surface area (Å²) in [6, 6.07) is 0.864. The smallest absolute Gasteiger partial charge is 0.405 e. The fourth-order valence-corrected chi connectivity index (χ4v) is 3.06. The zero-order valence-electron chi connectivity index (χ0n) is 13.2. The first-order valence-corrected chi connectivity index (χ1v) is 8.64. The third-order valence-corrected chi connectivity index (χ3v) is 4.33. The van der Waals surface area contributed by atoms with E-state index in [0.29, 0.717) is 0 Å². The number of halogens is 16. The van der Waals surface area contributed by atoms with Crippen LogP contribution >= 0.6 is 50.7 Å². The van der Waals surface area contributed by atoms with Gasteiger partial charge in [-0.2, -0.15) is 35.1 Å². The summed E-state index contributed by atoms with van der Waals surface area (Å²) >= 11 is 18.2. The van der Waals surface area contributed by atoms with E-state index in [9.17, 15) is 52.7 Å². The summed E-state index contributed by atoms with van der Waals surface area (Å²) in [6.07, 6.45) is -21.2. The topological polar surface area (TPSA) is 9.23 Å². The van der Waals surface area contributed by atoms with E-state index in [1.807, 2.05) is 0 Å². The number of benzene rings is 1. The maximum absolute atomic E-state index is 14.8. The van der Waals surface area contributed by atoms with Gasteiger partial charge in [-0.25, -0.2) is 4.39 Å². The van der Waals surface area contributed by atoms with Crippen molar-refractivity contribution in [3.63, 3.8) is 0 Å². The number of rotatable bonds is 4. The van der Waals surface area contributed by atoms with Crippen molar-refractivity contribution in [2.75, 3.05) is 0 Å². The van der Waals surface area contributed by atoms with Crippen LogP contribution in [0, 0.1) is 6.07 Å². The van der Waals surface area contributed by atoms with Gasteiger partial charge in [0.2, 0.25) is 0 Å². The van der Waals surface area contributed by atoms with E-state index in [1.165, 1.54) is 0 Å². The van der Waals surface area contributed by atoms with Gasteiger partial charge in [0.05, 0.1) is 0 Å². The maximum atomic E-state index is 14.8. The molecule has 173 valence electrons. The van der Waals surface area contributed by atoms with Gasteiger partial charge in [-0.15, -0.1) is 13.2 Å². The van der Waals surface area contributed by atoms with E-state index in [1.54, 1.807) is 6.07 Å². The highest BCUT2D eigenvalue weighted by molar-refractivity contribution is 9.10. The Balaban J connectivity index is 4.06. The molecule has 0 aliphatic heterocycles. The van der Waals surface area contributed by atoms with Crippen molar-refractivity contribution in [1.82, 2.24) is 0 Å². The highest BCUT2D eigenvalue weighted by Gasteiger charge is 2.82. The van der Waals surface area contributed by atoms with Gasteiger partial charge in [0.1, 0.15) is 5.75 Å². The van der Waals surface area contributed by atoms with Crippen LogP contribution in [0.2, 0.25) is 0 Å². The average molecular weight is 589 g/mol. The van der Waals surface area contributed by atoms with Crippen LogP contribution in [0.5, 0.6) is 5.75 Å². The zero-order valence-corrected chi connectivity index (χ0v) is 17.1. The van der Waals surface area contributed by atoms with Crippen molar-refractivity contribution < 1.29 is 57.4 Å². The van der Waals surface area contributed by atoms with Crippen molar-refractivity contribution in [2.24, 2.45) is 0 Å². The molecule has 1 unspecified atom stereocenters. The van der Waals surface area contributed by atoms with Crippen LogP contribution in [0.25, 0.3) is 0 Å². The van der Waals surface area contributed by atoms with E-state index >= 15 is 0 Å². The van der Waals surface area contributed by atoms with Gasteiger partial charge in [0.15, 0.2) is 3.79 Å². The lowest BCUT2D eigenvalue weighted by molar-refractivity contribution is -0.389. The highest BCUT2D eigenvalue weighted by Crippen LogP contribution is 2.60. The molecule has 0 aliphatic rings. The molecule has 17 heteroatoms. The second-order valence-electron chi connectivity index (χ2n) is 5.41. The first kappa shape index (κ1) is 27.6. The van der Waals surface area contributed by atoms with Gasteiger partial charge in [0, 0.05) is 22.5 Å². The molecule has 1 nitrogen and oxygen atoms in total. The standard InChI is InChI=1S/C13H3BrCl3F12O/c14-7-2-4(30-13(27,28)29)1-6(5(7)3-8(15,16)17)9(18,11(21,22)23)10(19,20)12(24,25)26/h1H,3H2. The Morgan fingerprint density at radius 2 is 1.30 bits per heavy atom. The first-order chi connectivity index (χ1) is 12.9. The first-order valence-electron chi connectivity index (χ1n) is 6.72. The van der Waals surface area contributed by atoms with Gasteiger partial charge in [0.25, 0.3) is 0 Å². The summed E-state index contributed by atoms with van der Waals surface area (Å²) in [5.41, 5.74) is -10.7. The molecule has 1 atom stereocenters. The predicted octanol–water partition coefficient (Wildman–Crippen LogP) is 7.99. The summed E-state index contributed by atoms with van der Waals surface area (Å²) < 4.78 is 157. The van der Waals surface area contributed by atoms with Crippen LogP contribution in [0.1, 0.15) is 11.1 Å². The Hall–Kier alpha value is -0.470. The van der Waals surface area contributed by atoms with Crippen molar-refractivity contribution in [1.29, 1.82) is 0 Å². The molecular weight excluding hydrogens is 586 g/mol.